The van der Waals surface area contributed by atoms with E-state index in [1.54, 1.807) is 26.2 Å². The van der Waals surface area contributed by atoms with E-state index in [0.29, 0.717) is 0 Å². The monoisotopic (exact) mass is 864 g/mol. The van der Waals surface area contributed by atoms with Crippen molar-refractivity contribution >= 4 is 28.6 Å². The van der Waals surface area contributed by atoms with Gasteiger partial charge in [-0.2, -0.15) is 26.0 Å². The molecule has 6 heteroatoms. The molecule has 3 aromatic heterocycles. The normalized spacial score (nSPS) is 9.28. The molecule has 0 unspecified atom stereocenters. The number of nitrogens with zero attached hydrogens (tertiary/aromatic N) is 3. The van der Waals surface area contributed by atoms with Gasteiger partial charge in [0.2, 0.25) is 0 Å². The van der Waals surface area contributed by atoms with Crippen LogP contribution in [0.5, 0.6) is 0 Å². The summed E-state index contributed by atoms with van der Waals surface area (Å²) < 4.78 is 0. The molecule has 0 aliphatic rings. The van der Waals surface area contributed by atoms with Crippen molar-refractivity contribution in [2.45, 2.75) is 52.4 Å². The summed E-state index contributed by atoms with van der Waals surface area (Å²) in [6.07, 6.45) is 26.2. The quantitative estimate of drug-likeness (QED) is 0.0597. The first-order valence-corrected chi connectivity index (χ1v) is 20.1. The van der Waals surface area contributed by atoms with Crippen LogP contribution in [-0.4, -0.2) is 15.0 Å². The van der Waals surface area contributed by atoms with E-state index in [2.05, 4.69) is 159 Å². The first kappa shape index (κ1) is 52.0. The largest absolute Gasteiger partial charge is 0.346 e. The fourth-order valence-corrected chi connectivity index (χ4v) is 9.76. The van der Waals surface area contributed by atoms with Crippen LogP contribution in [0.1, 0.15) is 61.2 Å². The summed E-state index contributed by atoms with van der Waals surface area (Å²) in [5.41, 5.74) is 6.39. The molecule has 3 aromatic carbocycles. The van der Waals surface area contributed by atoms with Gasteiger partial charge in [-0.25, -0.2) is 18.8 Å². The smallest absolute Gasteiger partial charge is 0.198 e. The van der Waals surface area contributed by atoms with Gasteiger partial charge in [-0.3, -0.25) is 9.97 Å². The Morgan fingerprint density at radius 1 is 0.456 bits per heavy atom. The molecule has 6 rings (SSSR count). The van der Waals surface area contributed by atoms with E-state index in [1.165, 1.54) is 32.6 Å². The Labute approximate surface area is 366 Å². The van der Waals surface area contributed by atoms with Crippen LogP contribution < -0.4 is 21.3 Å². The van der Waals surface area contributed by atoms with Crippen molar-refractivity contribution in [3.8, 4) is 37.0 Å². The number of aromatic nitrogens is 3. The average Bonchev–Trinajstić information content (AvgIpc) is 3.25. The third kappa shape index (κ3) is 16.9. The molecule has 0 aliphatic heterocycles. The Morgan fingerprint density at radius 3 is 1.05 bits per heavy atom. The van der Waals surface area contributed by atoms with Crippen LogP contribution in [0.15, 0.2) is 146 Å². The molecule has 0 bridgehead atoms. The maximum absolute atomic E-state index is 5.51. The van der Waals surface area contributed by atoms with Crippen LogP contribution in [0.25, 0.3) is 0 Å². The first-order chi connectivity index (χ1) is 27.0. The fraction of sp³-hybridized carbons (Fsp3) is 0.157. The first-order valence-electron chi connectivity index (χ1n) is 18.3. The van der Waals surface area contributed by atoms with Crippen LogP contribution in [0, 0.1) is 64.7 Å². The summed E-state index contributed by atoms with van der Waals surface area (Å²) in [6.45, 7) is 17.5. The van der Waals surface area contributed by atoms with E-state index in [0.717, 1.165) is 55.3 Å². The van der Waals surface area contributed by atoms with Gasteiger partial charge in [-0.05, 0) is 67.3 Å². The number of aryl methyl sites for hydroxylation is 3. The number of hydrogen-bond acceptors (Lipinski definition) is 3. The van der Waals surface area contributed by atoms with E-state index < -0.39 is 7.26 Å². The molecule has 0 N–H and O–H groups in total. The summed E-state index contributed by atoms with van der Waals surface area (Å²) >= 11 is 0. The summed E-state index contributed by atoms with van der Waals surface area (Å²) in [6, 6.07) is 44.6. The standard InChI is InChI=1S/C27H23NP.2C10H10N.2C2H5.2Cu/c1-2-3-13-23-20-21-28-27(22-23)29(24-14-7-4-8-15-24,25-16-9-5-10-17-25)26-18-11-6-12-19-26;2*1-3-4-5-10-6-7-11-9(2)8-10;2*1-2;;/h1,4-12,14-22H,3,13H2;2*1,6-8H,2,4-5H2;2*1H2,2H3;;/q+1;4*-1;;. The predicted octanol–water partition coefficient (Wildman–Crippen LogP) is 9.60. The third-order valence-corrected chi connectivity index (χ3v) is 12.2. The van der Waals surface area contributed by atoms with Crippen molar-refractivity contribution < 1.29 is 34.1 Å². The second kappa shape index (κ2) is 31.1. The van der Waals surface area contributed by atoms with Gasteiger partial charge in [-0.1, -0.05) is 66.7 Å². The van der Waals surface area contributed by atoms with Gasteiger partial charge in [-0.15, -0.1) is 59.5 Å². The third-order valence-electron chi connectivity index (χ3n) is 8.02. The number of pyridine rings is 3. The molecule has 3 nitrogen and oxygen atoms in total. The van der Waals surface area contributed by atoms with Crippen molar-refractivity contribution in [3.63, 3.8) is 0 Å². The molecule has 57 heavy (non-hydrogen) atoms. The molecule has 2 radical (unpaired) electrons. The van der Waals surface area contributed by atoms with Crippen LogP contribution in [-0.2, 0) is 53.4 Å². The second-order valence-electron chi connectivity index (χ2n) is 11.6. The molecule has 0 aliphatic carbocycles. The molecule has 0 saturated heterocycles. The van der Waals surface area contributed by atoms with Gasteiger partial charge in [0.05, 0.1) is 0 Å². The number of hydrogen-bond donors (Lipinski definition) is 0. The molecule has 3 heterocycles. The van der Waals surface area contributed by atoms with Gasteiger partial charge >= 0.3 is 0 Å². The predicted molar refractivity (Wildman–Crippen MR) is 240 cm³/mol. The fourth-order valence-electron chi connectivity index (χ4n) is 5.62. The molecular formula is C51H53Cu2N3P-3. The van der Waals surface area contributed by atoms with Gasteiger partial charge in [0.25, 0.3) is 0 Å². The molecule has 0 saturated carbocycles. The minimum absolute atomic E-state index is 0. The average molecular weight is 866 g/mol. The summed E-state index contributed by atoms with van der Waals surface area (Å²) in [4.78, 5) is 12.9. The molecule has 0 atom stereocenters. The Bertz CT molecular complexity index is 1910. The van der Waals surface area contributed by atoms with E-state index in [9.17, 15) is 0 Å². The van der Waals surface area contributed by atoms with Crippen LogP contribution in [0.4, 0.5) is 0 Å². The van der Waals surface area contributed by atoms with Crippen LogP contribution >= 0.6 is 7.26 Å². The number of benzene rings is 3. The van der Waals surface area contributed by atoms with Gasteiger partial charge in [0, 0.05) is 78.1 Å². The van der Waals surface area contributed by atoms with Crippen molar-refractivity contribution in [1.82, 2.24) is 15.0 Å². The topological polar surface area (TPSA) is 38.7 Å². The van der Waals surface area contributed by atoms with Crippen LogP contribution in [0.2, 0.25) is 0 Å². The van der Waals surface area contributed by atoms with E-state index >= 15 is 0 Å². The minimum Gasteiger partial charge on any atom is -0.346 e. The van der Waals surface area contributed by atoms with Crippen molar-refractivity contribution in [1.29, 1.82) is 0 Å². The summed E-state index contributed by atoms with van der Waals surface area (Å²) in [5, 5.41) is 3.91. The van der Waals surface area contributed by atoms with Crippen LogP contribution in [0.3, 0.4) is 0 Å². The van der Waals surface area contributed by atoms with Crippen molar-refractivity contribution in [2.24, 2.45) is 0 Å². The molecule has 0 amide bonds. The number of rotatable bonds is 10. The molecule has 6 aromatic rings. The van der Waals surface area contributed by atoms with Crippen molar-refractivity contribution in [2.75, 3.05) is 0 Å². The minimum atomic E-state index is -2.13. The summed E-state index contributed by atoms with van der Waals surface area (Å²) in [7, 11) is -2.13. The maximum atomic E-state index is 5.51. The number of terminal acetylenes is 3. The molecule has 0 spiro atoms. The Morgan fingerprint density at radius 2 is 0.754 bits per heavy atom. The molecule has 0 fully saturated rings. The maximum Gasteiger partial charge on any atom is 0.198 e. The Hall–Kier alpha value is -5.00. The van der Waals surface area contributed by atoms with Gasteiger partial charge in [0.15, 0.2) is 12.7 Å². The van der Waals surface area contributed by atoms with Crippen molar-refractivity contribution in [3.05, 3.63) is 202 Å². The zero-order valence-corrected chi connectivity index (χ0v) is 35.8. The van der Waals surface area contributed by atoms with Gasteiger partial charge in [0.1, 0.15) is 15.9 Å². The zero-order chi connectivity index (χ0) is 40.2. The Kier molecular flexibility index (Phi) is 28.4. The molecular weight excluding hydrogens is 813 g/mol. The zero-order valence-electron chi connectivity index (χ0n) is 33.1. The Balaban J connectivity index is 0.000000928. The SMILES string of the molecule is C#CCCc1ccnc([CH2-])c1.C#CCCc1ccnc([CH2-])c1.C#CCCc1ccnc([P+](c2ccccc2)(c2ccccc2)c2ccccc2)c1.[CH2-]C.[CH2-]C.[Cu].[Cu]. The van der Waals surface area contributed by atoms with E-state index in [1.807, 2.05) is 30.5 Å². The van der Waals surface area contributed by atoms with E-state index in [4.69, 9.17) is 24.3 Å². The molecule has 302 valence electrons. The van der Waals surface area contributed by atoms with Gasteiger partial charge < -0.3 is 13.8 Å². The van der Waals surface area contributed by atoms with E-state index in [-0.39, 0.29) is 34.1 Å². The summed E-state index contributed by atoms with van der Waals surface area (Å²) in [5.74, 6) is 7.95. The second-order valence-corrected chi connectivity index (χ2v) is 15.0.